The molecular weight excluding hydrogens is 333 g/mol. The zero-order chi connectivity index (χ0) is 10.7. The van der Waals surface area contributed by atoms with Crippen LogP contribution in [-0.2, 0) is 0 Å². The maximum atomic E-state index is 6.00. The van der Waals surface area contributed by atoms with Gasteiger partial charge in [0, 0.05) is 31.1 Å². The third kappa shape index (κ3) is 3.68. The number of rotatable bonds is 3. The van der Waals surface area contributed by atoms with Crippen molar-refractivity contribution in [3.63, 3.8) is 0 Å². The van der Waals surface area contributed by atoms with Crippen LogP contribution >= 0.6 is 35.7 Å². The molecule has 0 radical (unpaired) electrons. The van der Waals surface area contributed by atoms with Gasteiger partial charge in [-0.15, -0.1) is 24.0 Å². The Bertz CT molecular complexity index is 248. The summed E-state index contributed by atoms with van der Waals surface area (Å²) in [6, 6.07) is 0. The highest BCUT2D eigenvalue weighted by molar-refractivity contribution is 14.0. The Morgan fingerprint density at radius 3 is 2.50 bits per heavy atom. The SMILES string of the molecule is CCC1(CN=C(N)N2CCSCC2)CC1.I. The highest BCUT2D eigenvalue weighted by Crippen LogP contribution is 2.48. The molecule has 1 saturated heterocycles. The van der Waals surface area contributed by atoms with Crippen LogP contribution in [0, 0.1) is 5.41 Å². The van der Waals surface area contributed by atoms with Gasteiger partial charge in [0.25, 0.3) is 0 Å². The van der Waals surface area contributed by atoms with Gasteiger partial charge in [0.1, 0.15) is 0 Å². The Balaban J connectivity index is 0.00000128. The van der Waals surface area contributed by atoms with Gasteiger partial charge < -0.3 is 10.6 Å². The molecule has 1 heterocycles. The lowest BCUT2D eigenvalue weighted by Crippen LogP contribution is -2.43. The minimum atomic E-state index is 0. The molecule has 3 nitrogen and oxygen atoms in total. The molecule has 0 bridgehead atoms. The number of thioether (sulfide) groups is 1. The first-order valence-corrected chi connectivity index (χ1v) is 7.04. The van der Waals surface area contributed by atoms with Crippen LogP contribution in [0.4, 0.5) is 0 Å². The van der Waals surface area contributed by atoms with Crippen molar-refractivity contribution in [3.8, 4) is 0 Å². The molecule has 94 valence electrons. The molecule has 1 aliphatic carbocycles. The molecule has 0 atom stereocenters. The van der Waals surface area contributed by atoms with Gasteiger partial charge in [0.2, 0.25) is 0 Å². The fourth-order valence-corrected chi connectivity index (χ4v) is 2.84. The highest BCUT2D eigenvalue weighted by Gasteiger charge is 2.40. The first-order chi connectivity index (χ1) is 7.26. The van der Waals surface area contributed by atoms with E-state index in [1.165, 1.54) is 30.8 Å². The average molecular weight is 355 g/mol. The standard InChI is InChI=1S/C11H21N3S.HI/c1-2-11(3-4-11)9-13-10(12)14-5-7-15-8-6-14;/h2-9H2,1H3,(H2,12,13);1H. The van der Waals surface area contributed by atoms with E-state index in [2.05, 4.69) is 16.8 Å². The minimum Gasteiger partial charge on any atom is -0.370 e. The van der Waals surface area contributed by atoms with Crippen LogP contribution in [0.5, 0.6) is 0 Å². The van der Waals surface area contributed by atoms with E-state index < -0.39 is 0 Å². The summed E-state index contributed by atoms with van der Waals surface area (Å²) in [7, 11) is 0. The van der Waals surface area contributed by atoms with Crippen LogP contribution in [0.2, 0.25) is 0 Å². The molecule has 0 aromatic heterocycles. The summed E-state index contributed by atoms with van der Waals surface area (Å²) in [5, 5.41) is 0. The lowest BCUT2D eigenvalue weighted by Gasteiger charge is -2.27. The molecule has 0 amide bonds. The van der Waals surface area contributed by atoms with Crippen LogP contribution in [-0.4, -0.2) is 42.0 Å². The van der Waals surface area contributed by atoms with Crippen molar-refractivity contribution in [2.75, 3.05) is 31.1 Å². The molecule has 0 aromatic rings. The molecule has 0 aromatic carbocycles. The van der Waals surface area contributed by atoms with E-state index in [1.807, 2.05) is 11.8 Å². The zero-order valence-electron chi connectivity index (χ0n) is 9.95. The van der Waals surface area contributed by atoms with Gasteiger partial charge in [-0.1, -0.05) is 6.92 Å². The molecule has 0 unspecified atom stereocenters. The minimum absolute atomic E-state index is 0. The summed E-state index contributed by atoms with van der Waals surface area (Å²) in [6.45, 7) is 5.34. The predicted molar refractivity (Wildman–Crippen MR) is 82.8 cm³/mol. The van der Waals surface area contributed by atoms with Gasteiger partial charge in [-0.2, -0.15) is 11.8 Å². The quantitative estimate of drug-likeness (QED) is 0.479. The van der Waals surface area contributed by atoms with Crippen LogP contribution < -0.4 is 5.73 Å². The summed E-state index contributed by atoms with van der Waals surface area (Å²) < 4.78 is 0. The average Bonchev–Trinajstić information content (AvgIpc) is 3.08. The van der Waals surface area contributed by atoms with Crippen molar-refractivity contribution in [1.82, 2.24) is 4.90 Å². The molecule has 2 aliphatic rings. The summed E-state index contributed by atoms with van der Waals surface area (Å²) in [6.07, 6.45) is 3.94. The van der Waals surface area contributed by atoms with Crippen LogP contribution in [0.3, 0.4) is 0 Å². The predicted octanol–water partition coefficient (Wildman–Crippen LogP) is 2.16. The lowest BCUT2D eigenvalue weighted by molar-refractivity contribution is 0.446. The molecular formula is C11H22IN3S. The number of hydrogen-bond donors (Lipinski definition) is 1. The van der Waals surface area contributed by atoms with Crippen LogP contribution in [0.15, 0.2) is 4.99 Å². The number of nitrogens with zero attached hydrogens (tertiary/aromatic N) is 2. The topological polar surface area (TPSA) is 41.6 Å². The third-order valence-electron chi connectivity index (χ3n) is 3.62. The second-order valence-electron chi connectivity index (χ2n) is 4.63. The second-order valence-corrected chi connectivity index (χ2v) is 5.85. The Kier molecular flexibility index (Phi) is 5.70. The van der Waals surface area contributed by atoms with E-state index in [4.69, 9.17) is 5.73 Å². The van der Waals surface area contributed by atoms with Gasteiger partial charge in [0.15, 0.2) is 5.96 Å². The first kappa shape index (κ1) is 14.4. The largest absolute Gasteiger partial charge is 0.370 e. The summed E-state index contributed by atoms with van der Waals surface area (Å²) in [5.74, 6) is 3.15. The van der Waals surface area contributed by atoms with Crippen molar-refractivity contribution in [3.05, 3.63) is 0 Å². The van der Waals surface area contributed by atoms with E-state index in [0.29, 0.717) is 5.41 Å². The smallest absolute Gasteiger partial charge is 0.191 e. The highest BCUT2D eigenvalue weighted by atomic mass is 127. The molecule has 2 rings (SSSR count). The molecule has 1 saturated carbocycles. The number of guanidine groups is 1. The van der Waals surface area contributed by atoms with Gasteiger partial charge in [0.05, 0.1) is 0 Å². The fraction of sp³-hybridized carbons (Fsp3) is 0.909. The summed E-state index contributed by atoms with van der Waals surface area (Å²) in [5.41, 5.74) is 6.53. The van der Waals surface area contributed by atoms with Crippen molar-refractivity contribution in [1.29, 1.82) is 0 Å². The Morgan fingerprint density at radius 1 is 1.38 bits per heavy atom. The Labute approximate surface area is 120 Å². The zero-order valence-corrected chi connectivity index (χ0v) is 13.1. The first-order valence-electron chi connectivity index (χ1n) is 5.88. The van der Waals surface area contributed by atoms with Crippen molar-refractivity contribution >= 4 is 41.7 Å². The second kappa shape index (κ2) is 6.33. The van der Waals surface area contributed by atoms with E-state index in [0.717, 1.165) is 25.6 Å². The Morgan fingerprint density at radius 2 is 2.00 bits per heavy atom. The normalized spacial score (nSPS) is 23.8. The molecule has 2 N–H and O–H groups in total. The van der Waals surface area contributed by atoms with Gasteiger partial charge in [-0.05, 0) is 24.7 Å². The number of halogens is 1. The molecule has 16 heavy (non-hydrogen) atoms. The number of aliphatic imine (C=N–C) groups is 1. The van der Waals surface area contributed by atoms with Gasteiger partial charge in [-0.25, -0.2) is 0 Å². The number of hydrogen-bond acceptors (Lipinski definition) is 2. The van der Waals surface area contributed by atoms with E-state index in [9.17, 15) is 0 Å². The van der Waals surface area contributed by atoms with Crippen LogP contribution in [0.25, 0.3) is 0 Å². The monoisotopic (exact) mass is 355 g/mol. The van der Waals surface area contributed by atoms with Gasteiger partial charge >= 0.3 is 0 Å². The van der Waals surface area contributed by atoms with Gasteiger partial charge in [-0.3, -0.25) is 4.99 Å². The van der Waals surface area contributed by atoms with E-state index >= 15 is 0 Å². The van der Waals surface area contributed by atoms with E-state index in [1.54, 1.807) is 0 Å². The maximum absolute atomic E-state index is 6.00. The number of nitrogens with two attached hydrogens (primary N) is 1. The van der Waals surface area contributed by atoms with E-state index in [-0.39, 0.29) is 24.0 Å². The third-order valence-corrected chi connectivity index (χ3v) is 4.56. The molecule has 0 spiro atoms. The maximum Gasteiger partial charge on any atom is 0.191 e. The molecule has 1 aliphatic heterocycles. The summed E-state index contributed by atoms with van der Waals surface area (Å²) in [4.78, 5) is 6.79. The van der Waals surface area contributed by atoms with Crippen molar-refractivity contribution < 1.29 is 0 Å². The lowest BCUT2D eigenvalue weighted by atomic mass is 10.1. The van der Waals surface area contributed by atoms with Crippen molar-refractivity contribution in [2.24, 2.45) is 16.1 Å². The van der Waals surface area contributed by atoms with Crippen molar-refractivity contribution in [2.45, 2.75) is 26.2 Å². The fourth-order valence-electron chi connectivity index (χ4n) is 1.94. The van der Waals surface area contributed by atoms with Crippen LogP contribution in [0.1, 0.15) is 26.2 Å². The molecule has 2 fully saturated rings. The molecule has 5 heteroatoms. The summed E-state index contributed by atoms with van der Waals surface area (Å²) >= 11 is 2.00. The Hall–Kier alpha value is 0.350.